The van der Waals surface area contributed by atoms with Crippen molar-refractivity contribution in [1.82, 2.24) is 14.8 Å². The van der Waals surface area contributed by atoms with Crippen LogP contribution in [-0.4, -0.2) is 78.2 Å². The lowest BCUT2D eigenvalue weighted by Crippen LogP contribution is -2.48. The van der Waals surface area contributed by atoms with Crippen LogP contribution in [0.3, 0.4) is 0 Å². The van der Waals surface area contributed by atoms with Crippen LogP contribution < -0.4 is 4.90 Å². The predicted octanol–water partition coefficient (Wildman–Crippen LogP) is 0.432. The van der Waals surface area contributed by atoms with Gasteiger partial charge in [0.1, 0.15) is 5.82 Å². The van der Waals surface area contributed by atoms with Crippen LogP contribution in [0.1, 0.15) is 23.2 Å². The van der Waals surface area contributed by atoms with Gasteiger partial charge >= 0.3 is 0 Å². The smallest absolute Gasteiger partial charge is 0.257 e. The Morgan fingerprint density at radius 2 is 1.86 bits per heavy atom. The van der Waals surface area contributed by atoms with Crippen LogP contribution >= 0.6 is 0 Å². The molecule has 6 heteroatoms. The lowest BCUT2D eigenvalue weighted by atomic mass is 10.2. The first-order valence-electron chi connectivity index (χ1n) is 8.12. The summed E-state index contributed by atoms with van der Waals surface area (Å²) in [6.07, 6.45) is 3.96. The van der Waals surface area contributed by atoms with E-state index in [0.29, 0.717) is 0 Å². The molecule has 0 saturated carbocycles. The van der Waals surface area contributed by atoms with Crippen molar-refractivity contribution in [3.63, 3.8) is 0 Å². The summed E-state index contributed by atoms with van der Waals surface area (Å²) in [7, 11) is 0. The van der Waals surface area contributed by atoms with E-state index in [1.807, 2.05) is 17.0 Å². The standard InChI is InChI=1S/C16H24N4O2/c21-13-12-18-8-10-19(11-9-18)15-14(4-3-5-17-15)16(22)20-6-1-2-7-20/h3-5,21H,1-2,6-13H2. The molecule has 3 heterocycles. The molecule has 0 radical (unpaired) electrons. The summed E-state index contributed by atoms with van der Waals surface area (Å²) in [5, 5.41) is 9.02. The third-order valence-electron chi connectivity index (χ3n) is 4.50. The molecule has 1 aromatic heterocycles. The van der Waals surface area contributed by atoms with Crippen LogP contribution in [-0.2, 0) is 0 Å². The number of aliphatic hydroxyl groups excluding tert-OH is 1. The number of likely N-dealkylation sites (tertiary alicyclic amines) is 1. The van der Waals surface area contributed by atoms with Gasteiger partial charge in [-0.25, -0.2) is 4.98 Å². The van der Waals surface area contributed by atoms with Gasteiger partial charge in [-0.05, 0) is 25.0 Å². The first kappa shape index (κ1) is 15.2. The number of anilines is 1. The first-order valence-corrected chi connectivity index (χ1v) is 8.12. The Labute approximate surface area is 131 Å². The molecule has 0 spiro atoms. The molecular formula is C16H24N4O2. The molecule has 0 unspecified atom stereocenters. The molecule has 1 amide bonds. The second-order valence-electron chi connectivity index (χ2n) is 5.93. The van der Waals surface area contributed by atoms with Gasteiger partial charge in [-0.15, -0.1) is 0 Å². The molecule has 2 fully saturated rings. The molecule has 0 bridgehead atoms. The highest BCUT2D eigenvalue weighted by Gasteiger charge is 2.26. The molecule has 2 aliphatic heterocycles. The number of pyridine rings is 1. The van der Waals surface area contributed by atoms with Crippen molar-refractivity contribution in [2.24, 2.45) is 0 Å². The Morgan fingerprint density at radius 3 is 2.55 bits per heavy atom. The van der Waals surface area contributed by atoms with E-state index in [-0.39, 0.29) is 12.5 Å². The second kappa shape index (κ2) is 7.07. The normalized spacial score (nSPS) is 19.7. The Hall–Kier alpha value is -1.66. The van der Waals surface area contributed by atoms with E-state index >= 15 is 0 Å². The number of carbonyl (C=O) groups is 1. The van der Waals surface area contributed by atoms with Crippen molar-refractivity contribution in [2.45, 2.75) is 12.8 Å². The summed E-state index contributed by atoms with van der Waals surface area (Å²) >= 11 is 0. The number of amides is 1. The zero-order chi connectivity index (χ0) is 15.4. The quantitative estimate of drug-likeness (QED) is 0.874. The highest BCUT2D eigenvalue weighted by Crippen LogP contribution is 2.22. The van der Waals surface area contributed by atoms with Crippen LogP contribution in [0.5, 0.6) is 0 Å². The van der Waals surface area contributed by atoms with Gasteiger partial charge in [-0.2, -0.15) is 0 Å². The molecule has 1 N–H and O–H groups in total. The second-order valence-corrected chi connectivity index (χ2v) is 5.93. The monoisotopic (exact) mass is 304 g/mol. The minimum absolute atomic E-state index is 0.110. The highest BCUT2D eigenvalue weighted by molar-refractivity contribution is 5.99. The SMILES string of the molecule is O=C(c1cccnc1N1CCN(CCO)CC1)N1CCCC1. The summed E-state index contributed by atoms with van der Waals surface area (Å²) in [6.45, 7) is 6.12. The van der Waals surface area contributed by atoms with Crippen LogP contribution in [0.2, 0.25) is 0 Å². The molecule has 1 aromatic rings. The molecular weight excluding hydrogens is 280 g/mol. The van der Waals surface area contributed by atoms with Gasteiger partial charge in [0.2, 0.25) is 0 Å². The summed E-state index contributed by atoms with van der Waals surface area (Å²) in [6, 6.07) is 3.73. The van der Waals surface area contributed by atoms with Gasteiger partial charge in [0.25, 0.3) is 5.91 Å². The van der Waals surface area contributed by atoms with Gasteiger partial charge in [-0.3, -0.25) is 9.69 Å². The van der Waals surface area contributed by atoms with Gasteiger partial charge in [0.15, 0.2) is 0 Å². The average molecular weight is 304 g/mol. The summed E-state index contributed by atoms with van der Waals surface area (Å²) in [4.78, 5) is 23.5. The lowest BCUT2D eigenvalue weighted by molar-refractivity contribution is 0.0793. The van der Waals surface area contributed by atoms with Crippen LogP contribution in [0.4, 0.5) is 5.82 Å². The molecule has 0 atom stereocenters. The first-order chi connectivity index (χ1) is 10.8. The van der Waals surface area contributed by atoms with E-state index in [4.69, 9.17) is 5.11 Å². The third-order valence-corrected chi connectivity index (χ3v) is 4.50. The Balaban J connectivity index is 1.73. The zero-order valence-electron chi connectivity index (χ0n) is 12.9. The van der Waals surface area contributed by atoms with Gasteiger partial charge in [0.05, 0.1) is 12.2 Å². The minimum atomic E-state index is 0.110. The fraction of sp³-hybridized carbons (Fsp3) is 0.625. The molecule has 6 nitrogen and oxygen atoms in total. The van der Waals surface area contributed by atoms with Crippen molar-refractivity contribution in [3.8, 4) is 0 Å². The molecule has 2 aliphatic rings. The molecule has 22 heavy (non-hydrogen) atoms. The van der Waals surface area contributed by atoms with Crippen molar-refractivity contribution in [2.75, 3.05) is 57.3 Å². The van der Waals surface area contributed by atoms with Gasteiger partial charge in [0, 0.05) is 52.0 Å². The number of hydrogen-bond donors (Lipinski definition) is 1. The van der Waals surface area contributed by atoms with Crippen LogP contribution in [0.25, 0.3) is 0 Å². The molecule has 2 saturated heterocycles. The number of rotatable bonds is 4. The fourth-order valence-electron chi connectivity index (χ4n) is 3.23. The lowest BCUT2D eigenvalue weighted by Gasteiger charge is -2.36. The van der Waals surface area contributed by atoms with Crippen LogP contribution in [0, 0.1) is 0 Å². The molecule has 3 rings (SSSR count). The summed E-state index contributed by atoms with van der Waals surface area (Å²) < 4.78 is 0. The Bertz CT molecular complexity index is 509. The van der Waals surface area contributed by atoms with Gasteiger partial charge in [-0.1, -0.05) is 0 Å². The number of aromatic nitrogens is 1. The van der Waals surface area contributed by atoms with Crippen molar-refractivity contribution in [3.05, 3.63) is 23.9 Å². The number of piperazine rings is 1. The van der Waals surface area contributed by atoms with Crippen molar-refractivity contribution in [1.29, 1.82) is 0 Å². The highest BCUT2D eigenvalue weighted by atomic mass is 16.3. The maximum absolute atomic E-state index is 12.7. The minimum Gasteiger partial charge on any atom is -0.395 e. The largest absolute Gasteiger partial charge is 0.395 e. The number of carbonyl (C=O) groups excluding carboxylic acids is 1. The summed E-state index contributed by atoms with van der Waals surface area (Å²) in [5.74, 6) is 0.918. The molecule has 120 valence electrons. The van der Waals surface area contributed by atoms with Crippen molar-refractivity contribution >= 4 is 11.7 Å². The maximum atomic E-state index is 12.7. The third kappa shape index (κ3) is 3.23. The maximum Gasteiger partial charge on any atom is 0.257 e. The van der Waals surface area contributed by atoms with E-state index in [1.165, 1.54) is 0 Å². The fourth-order valence-corrected chi connectivity index (χ4v) is 3.23. The number of hydrogen-bond acceptors (Lipinski definition) is 5. The number of aliphatic hydroxyl groups is 1. The molecule has 0 aromatic carbocycles. The Morgan fingerprint density at radius 1 is 1.14 bits per heavy atom. The van der Waals surface area contributed by atoms with E-state index in [1.54, 1.807) is 6.20 Å². The van der Waals surface area contributed by atoms with Crippen LogP contribution in [0.15, 0.2) is 18.3 Å². The van der Waals surface area contributed by atoms with E-state index < -0.39 is 0 Å². The summed E-state index contributed by atoms with van der Waals surface area (Å²) in [5.41, 5.74) is 0.722. The number of β-amino-alcohol motifs (C(OH)–C–C–N with tert-alkyl or cyclic N) is 1. The van der Waals surface area contributed by atoms with E-state index in [0.717, 1.165) is 70.0 Å². The van der Waals surface area contributed by atoms with Crippen molar-refractivity contribution < 1.29 is 9.90 Å². The van der Waals surface area contributed by atoms with Gasteiger partial charge < -0.3 is 14.9 Å². The average Bonchev–Trinajstić information content (AvgIpc) is 3.10. The predicted molar refractivity (Wildman–Crippen MR) is 85.1 cm³/mol. The van der Waals surface area contributed by atoms with E-state index in [2.05, 4.69) is 14.8 Å². The number of nitrogens with zero attached hydrogens (tertiary/aromatic N) is 4. The Kier molecular flexibility index (Phi) is 4.90. The topological polar surface area (TPSA) is 59.9 Å². The molecule has 0 aliphatic carbocycles. The zero-order valence-corrected chi connectivity index (χ0v) is 12.9. The van der Waals surface area contributed by atoms with E-state index in [9.17, 15) is 4.79 Å².